The minimum absolute atomic E-state index is 0.163. The van der Waals surface area contributed by atoms with Crippen LogP contribution in [-0.4, -0.2) is 16.2 Å². The van der Waals surface area contributed by atoms with E-state index in [1.54, 1.807) is 12.2 Å². The average molecular weight is 324 g/mol. The highest BCUT2D eigenvalue weighted by Crippen LogP contribution is 2.11. The Hall–Kier alpha value is -0.590. The minimum Gasteiger partial charge on any atom is -0.369 e. The van der Waals surface area contributed by atoms with Crippen molar-refractivity contribution in [2.24, 2.45) is 17.4 Å². The first-order valence-corrected chi connectivity index (χ1v) is 6.40. The van der Waals surface area contributed by atoms with Crippen molar-refractivity contribution < 1.29 is 9.59 Å². The Morgan fingerprint density at radius 1 is 1.27 bits per heavy atom. The van der Waals surface area contributed by atoms with E-state index in [2.05, 4.69) is 22.6 Å². The molecule has 0 saturated heterocycles. The first-order valence-electron chi connectivity index (χ1n) is 4.88. The van der Waals surface area contributed by atoms with Gasteiger partial charge in [-0.15, -0.1) is 0 Å². The number of carbonyl (C=O) groups is 2. The molecule has 0 saturated carbocycles. The van der Waals surface area contributed by atoms with Crippen LogP contribution in [-0.2, 0) is 9.59 Å². The fourth-order valence-corrected chi connectivity index (χ4v) is 1.68. The maximum Gasteiger partial charge on any atom is 0.224 e. The van der Waals surface area contributed by atoms with Gasteiger partial charge in [-0.2, -0.15) is 0 Å². The van der Waals surface area contributed by atoms with Gasteiger partial charge in [0.05, 0.1) is 5.92 Å². The van der Waals surface area contributed by atoms with Gasteiger partial charge in [-0.05, 0) is 17.3 Å². The zero-order chi connectivity index (χ0) is 11.7. The third kappa shape index (κ3) is 8.41. The van der Waals surface area contributed by atoms with Crippen LogP contribution >= 0.6 is 22.6 Å². The van der Waals surface area contributed by atoms with E-state index < -0.39 is 5.91 Å². The van der Waals surface area contributed by atoms with E-state index in [0.717, 1.165) is 23.7 Å². The predicted octanol–water partition coefficient (Wildman–Crippen LogP) is 1.12. The summed E-state index contributed by atoms with van der Waals surface area (Å²) in [7, 11) is 0. The number of nitrogens with two attached hydrogens (primary N) is 2. The quantitative estimate of drug-likeness (QED) is 0.303. The van der Waals surface area contributed by atoms with Gasteiger partial charge in [-0.25, -0.2) is 0 Å². The SMILES string of the molecule is NC(=O)CC=CC(CCCCI)C(N)=O. The topological polar surface area (TPSA) is 86.2 Å². The van der Waals surface area contributed by atoms with Crippen molar-refractivity contribution in [2.75, 3.05) is 4.43 Å². The second kappa shape index (κ2) is 8.70. The van der Waals surface area contributed by atoms with Gasteiger partial charge in [0.25, 0.3) is 0 Å². The van der Waals surface area contributed by atoms with Gasteiger partial charge in [0.2, 0.25) is 11.8 Å². The molecule has 1 atom stereocenters. The molecule has 0 spiro atoms. The van der Waals surface area contributed by atoms with E-state index in [4.69, 9.17) is 11.5 Å². The normalized spacial score (nSPS) is 12.9. The van der Waals surface area contributed by atoms with Crippen LogP contribution in [0.4, 0.5) is 0 Å². The van der Waals surface area contributed by atoms with Crippen molar-refractivity contribution in [3.8, 4) is 0 Å². The number of rotatable bonds is 8. The molecule has 0 aromatic rings. The van der Waals surface area contributed by atoms with Crippen LogP contribution in [0.1, 0.15) is 25.7 Å². The van der Waals surface area contributed by atoms with Gasteiger partial charge < -0.3 is 11.5 Å². The summed E-state index contributed by atoms with van der Waals surface area (Å²) in [5.74, 6) is -1.02. The van der Waals surface area contributed by atoms with E-state index in [-0.39, 0.29) is 18.2 Å². The number of unbranched alkanes of at least 4 members (excludes halogenated alkanes) is 1. The monoisotopic (exact) mass is 324 g/mol. The fourth-order valence-electron chi connectivity index (χ4n) is 1.14. The molecule has 4 N–H and O–H groups in total. The van der Waals surface area contributed by atoms with Gasteiger partial charge in [-0.3, -0.25) is 9.59 Å². The third-order valence-corrected chi connectivity index (χ3v) is 2.71. The van der Waals surface area contributed by atoms with Gasteiger partial charge in [-0.1, -0.05) is 41.2 Å². The summed E-state index contributed by atoms with van der Waals surface area (Å²) < 4.78 is 1.08. The first kappa shape index (κ1) is 14.4. The summed E-state index contributed by atoms with van der Waals surface area (Å²) in [6.45, 7) is 0. The molecule has 15 heavy (non-hydrogen) atoms. The number of hydrogen-bond acceptors (Lipinski definition) is 2. The lowest BCUT2D eigenvalue weighted by molar-refractivity contribution is -0.121. The molecule has 0 bridgehead atoms. The number of amides is 2. The summed E-state index contributed by atoms with van der Waals surface area (Å²) in [4.78, 5) is 21.5. The van der Waals surface area contributed by atoms with Crippen LogP contribution in [0.5, 0.6) is 0 Å². The Morgan fingerprint density at radius 3 is 2.40 bits per heavy atom. The summed E-state index contributed by atoms with van der Waals surface area (Å²) in [5, 5.41) is 0. The van der Waals surface area contributed by atoms with E-state index in [1.807, 2.05) is 0 Å². The Bertz CT molecular complexity index is 242. The van der Waals surface area contributed by atoms with Crippen molar-refractivity contribution in [1.82, 2.24) is 0 Å². The maximum atomic E-state index is 11.0. The fraction of sp³-hybridized carbons (Fsp3) is 0.600. The molecule has 0 heterocycles. The lowest BCUT2D eigenvalue weighted by Crippen LogP contribution is -2.21. The molecule has 86 valence electrons. The molecule has 0 aliphatic heterocycles. The Balaban J connectivity index is 3.98. The Kier molecular flexibility index (Phi) is 8.35. The molecule has 0 fully saturated rings. The second-order valence-electron chi connectivity index (χ2n) is 3.29. The van der Waals surface area contributed by atoms with Crippen molar-refractivity contribution in [3.63, 3.8) is 0 Å². The highest BCUT2D eigenvalue weighted by Gasteiger charge is 2.10. The molecule has 5 heteroatoms. The molecule has 0 aromatic carbocycles. The summed E-state index contributed by atoms with van der Waals surface area (Å²) in [6, 6.07) is 0. The molecule has 0 aliphatic carbocycles. The summed E-state index contributed by atoms with van der Waals surface area (Å²) in [5.41, 5.74) is 10.2. The van der Waals surface area contributed by atoms with Crippen LogP contribution in [0.25, 0.3) is 0 Å². The van der Waals surface area contributed by atoms with Gasteiger partial charge in [0.1, 0.15) is 0 Å². The van der Waals surface area contributed by atoms with Crippen LogP contribution in [0, 0.1) is 5.92 Å². The first-order chi connectivity index (χ1) is 7.07. The van der Waals surface area contributed by atoms with Crippen LogP contribution in [0.3, 0.4) is 0 Å². The van der Waals surface area contributed by atoms with E-state index >= 15 is 0 Å². The van der Waals surface area contributed by atoms with Crippen molar-refractivity contribution in [3.05, 3.63) is 12.2 Å². The number of alkyl halides is 1. The molecule has 0 radical (unpaired) electrons. The highest BCUT2D eigenvalue weighted by atomic mass is 127. The molecular formula is C10H17IN2O2. The number of hydrogen-bond donors (Lipinski definition) is 2. The van der Waals surface area contributed by atoms with Crippen molar-refractivity contribution in [1.29, 1.82) is 0 Å². The zero-order valence-electron chi connectivity index (χ0n) is 8.62. The smallest absolute Gasteiger partial charge is 0.224 e. The largest absolute Gasteiger partial charge is 0.369 e. The molecule has 0 aromatic heterocycles. The Morgan fingerprint density at radius 2 is 1.93 bits per heavy atom. The standard InChI is InChI=1S/C10H17IN2O2/c11-7-2-1-4-8(10(13)15)5-3-6-9(12)14/h3,5,8H,1-2,4,6-7H2,(H2,12,14)(H2,13,15). The predicted molar refractivity (Wildman–Crippen MR) is 68.4 cm³/mol. The van der Waals surface area contributed by atoms with Crippen molar-refractivity contribution >= 4 is 34.4 Å². The molecule has 4 nitrogen and oxygen atoms in total. The van der Waals surface area contributed by atoms with E-state index in [9.17, 15) is 9.59 Å². The van der Waals surface area contributed by atoms with Crippen LogP contribution in [0.15, 0.2) is 12.2 Å². The molecule has 0 aliphatic rings. The Labute approximate surface area is 104 Å². The molecule has 1 unspecified atom stereocenters. The van der Waals surface area contributed by atoms with Gasteiger partial charge in [0, 0.05) is 6.42 Å². The van der Waals surface area contributed by atoms with Crippen LogP contribution in [0.2, 0.25) is 0 Å². The van der Waals surface area contributed by atoms with Gasteiger partial charge in [0.15, 0.2) is 0 Å². The molecule has 2 amide bonds. The third-order valence-electron chi connectivity index (χ3n) is 1.95. The second-order valence-corrected chi connectivity index (χ2v) is 4.37. The lowest BCUT2D eigenvalue weighted by Gasteiger charge is -2.07. The molecule has 0 rings (SSSR count). The molecular weight excluding hydrogens is 307 g/mol. The highest BCUT2D eigenvalue weighted by molar-refractivity contribution is 14.1. The average Bonchev–Trinajstić information content (AvgIpc) is 2.15. The maximum absolute atomic E-state index is 11.0. The van der Waals surface area contributed by atoms with Crippen LogP contribution < -0.4 is 11.5 Å². The zero-order valence-corrected chi connectivity index (χ0v) is 10.8. The van der Waals surface area contributed by atoms with E-state index in [0.29, 0.717) is 0 Å². The lowest BCUT2D eigenvalue weighted by atomic mass is 10.0. The summed E-state index contributed by atoms with van der Waals surface area (Å²) >= 11 is 2.29. The number of halogens is 1. The number of carbonyl (C=O) groups excluding carboxylic acids is 2. The minimum atomic E-state index is -0.401. The van der Waals surface area contributed by atoms with Crippen molar-refractivity contribution in [2.45, 2.75) is 25.7 Å². The van der Waals surface area contributed by atoms with E-state index in [1.165, 1.54) is 0 Å². The summed E-state index contributed by atoms with van der Waals surface area (Å²) in [6.07, 6.45) is 6.25. The van der Waals surface area contributed by atoms with Gasteiger partial charge >= 0.3 is 0 Å². The number of primary amides is 2.